The van der Waals surface area contributed by atoms with Crippen molar-refractivity contribution in [2.45, 2.75) is 19.3 Å². The van der Waals surface area contributed by atoms with E-state index < -0.39 is 0 Å². The summed E-state index contributed by atoms with van der Waals surface area (Å²) in [5.74, 6) is -0.549. The van der Waals surface area contributed by atoms with Gasteiger partial charge in [-0.2, -0.15) is 0 Å². The van der Waals surface area contributed by atoms with Crippen molar-refractivity contribution < 1.29 is 9.59 Å². The number of hydrogen-bond donors (Lipinski definition) is 0. The average Bonchev–Trinajstić information content (AvgIpc) is 3.28. The average molecular weight is 569 g/mol. The van der Waals surface area contributed by atoms with Crippen LogP contribution in [0.3, 0.4) is 0 Å². The molecule has 0 unspecified atom stereocenters. The SMILES string of the molecule is CN1C(=O)C(=Cc2ccc(N3c4ccccc4C(C)(C)c4ccccc43)s2)C(=O)N(C)C1=[Te]. The van der Waals surface area contributed by atoms with Gasteiger partial charge in [0.15, 0.2) is 0 Å². The van der Waals surface area contributed by atoms with Crippen molar-refractivity contribution in [2.24, 2.45) is 0 Å². The first-order chi connectivity index (χ1) is 15.7. The molecule has 1 aromatic heterocycles. The molecule has 1 fully saturated rings. The zero-order valence-electron chi connectivity index (χ0n) is 18.8. The summed E-state index contributed by atoms with van der Waals surface area (Å²) in [5.41, 5.74) is 4.90. The summed E-state index contributed by atoms with van der Waals surface area (Å²) in [6.07, 6.45) is 1.71. The fourth-order valence-electron chi connectivity index (χ4n) is 4.56. The molecule has 0 saturated carbocycles. The topological polar surface area (TPSA) is 43.9 Å². The number of thiophene rings is 1. The molecule has 5 rings (SSSR count). The number of rotatable bonds is 2. The second-order valence-corrected chi connectivity index (χ2v) is 10.9. The number of fused-ring (bicyclic) bond motifs is 2. The zero-order valence-corrected chi connectivity index (χ0v) is 22.0. The van der Waals surface area contributed by atoms with Crippen LogP contribution < -0.4 is 4.90 Å². The Balaban J connectivity index is 1.61. The van der Waals surface area contributed by atoms with Gasteiger partial charge in [0.1, 0.15) is 0 Å². The summed E-state index contributed by atoms with van der Waals surface area (Å²) in [6, 6.07) is 21.0. The van der Waals surface area contributed by atoms with Crippen LogP contribution in [-0.4, -0.2) is 61.3 Å². The van der Waals surface area contributed by atoms with Crippen LogP contribution >= 0.6 is 11.3 Å². The Kier molecular flexibility index (Phi) is 5.32. The molecule has 3 heterocycles. The molecule has 2 amide bonds. The third kappa shape index (κ3) is 3.38. The Morgan fingerprint density at radius 2 is 1.33 bits per heavy atom. The normalized spacial score (nSPS) is 17.3. The molecule has 0 spiro atoms. The van der Waals surface area contributed by atoms with Gasteiger partial charge in [0.05, 0.1) is 0 Å². The molecular weight excluding hydrogens is 546 g/mol. The van der Waals surface area contributed by atoms with E-state index in [1.54, 1.807) is 53.3 Å². The first-order valence-corrected chi connectivity index (χ1v) is 12.6. The van der Waals surface area contributed by atoms with E-state index in [1.165, 1.54) is 20.9 Å². The van der Waals surface area contributed by atoms with Crippen molar-refractivity contribution >= 4 is 71.2 Å². The summed E-state index contributed by atoms with van der Waals surface area (Å²) in [6.45, 7) is 4.53. The molecule has 0 atom stereocenters. The summed E-state index contributed by atoms with van der Waals surface area (Å²) in [7, 11) is 3.39. The van der Waals surface area contributed by atoms with Crippen LogP contribution in [0.2, 0.25) is 0 Å². The predicted molar refractivity (Wildman–Crippen MR) is 135 cm³/mol. The van der Waals surface area contributed by atoms with Crippen LogP contribution in [0.1, 0.15) is 29.9 Å². The van der Waals surface area contributed by atoms with E-state index in [0.29, 0.717) is 3.80 Å². The van der Waals surface area contributed by atoms with E-state index in [-0.39, 0.29) is 22.8 Å². The third-order valence-electron chi connectivity index (χ3n) is 6.40. The van der Waals surface area contributed by atoms with E-state index >= 15 is 0 Å². The fraction of sp³-hybridized carbons (Fsp3) is 0.192. The second-order valence-electron chi connectivity index (χ2n) is 8.74. The number of carbonyl (C=O) groups excluding carboxylic acids is 2. The molecule has 0 radical (unpaired) electrons. The standard InChI is InChI=1S/C26H23N3O2STe/c1-26(2)18-9-5-7-11-20(18)29(21-12-8-6-10-19(21)26)22-14-13-16(32-22)15-17-23(30)27(3)25(33)28(4)24(17)31/h5-15H,1-4H3. The van der Waals surface area contributed by atoms with Gasteiger partial charge in [0.2, 0.25) is 0 Å². The van der Waals surface area contributed by atoms with Gasteiger partial charge in [0, 0.05) is 0 Å². The Morgan fingerprint density at radius 1 is 0.818 bits per heavy atom. The maximum atomic E-state index is 12.8. The van der Waals surface area contributed by atoms with Crippen molar-refractivity contribution in [2.75, 3.05) is 19.0 Å². The molecule has 2 aliphatic heterocycles. The number of para-hydroxylation sites is 2. The second kappa shape index (κ2) is 7.95. The van der Waals surface area contributed by atoms with Gasteiger partial charge in [-0.3, -0.25) is 0 Å². The first-order valence-electron chi connectivity index (χ1n) is 10.6. The van der Waals surface area contributed by atoms with E-state index in [9.17, 15) is 9.59 Å². The Bertz CT molecular complexity index is 1280. The number of benzene rings is 2. The van der Waals surface area contributed by atoms with Crippen LogP contribution in [0.15, 0.2) is 66.2 Å². The van der Waals surface area contributed by atoms with Gasteiger partial charge in [-0.05, 0) is 0 Å². The number of anilines is 3. The molecule has 33 heavy (non-hydrogen) atoms. The number of carbonyl (C=O) groups is 2. The number of hydrogen-bond acceptors (Lipinski definition) is 4. The number of likely N-dealkylation sites (N-methyl/N-ethyl adjacent to an activating group) is 2. The molecule has 0 N–H and O–H groups in total. The molecule has 2 aromatic carbocycles. The zero-order chi connectivity index (χ0) is 23.5. The summed E-state index contributed by atoms with van der Waals surface area (Å²) < 4.78 is 0.633. The summed E-state index contributed by atoms with van der Waals surface area (Å²) >= 11 is 3.25. The quantitative estimate of drug-likeness (QED) is 0.261. The van der Waals surface area contributed by atoms with Crippen LogP contribution in [0, 0.1) is 0 Å². The van der Waals surface area contributed by atoms with E-state index in [2.05, 4.69) is 73.3 Å². The number of nitrogens with zero attached hydrogens (tertiary/aromatic N) is 3. The van der Waals surface area contributed by atoms with Crippen molar-refractivity contribution in [3.05, 3.63) is 82.2 Å². The Morgan fingerprint density at radius 3 is 1.88 bits per heavy atom. The van der Waals surface area contributed by atoms with Gasteiger partial charge in [-0.25, -0.2) is 0 Å². The molecule has 0 bridgehead atoms. The van der Waals surface area contributed by atoms with Crippen molar-refractivity contribution in [3.63, 3.8) is 0 Å². The van der Waals surface area contributed by atoms with Crippen molar-refractivity contribution in [3.8, 4) is 0 Å². The van der Waals surface area contributed by atoms with E-state index in [0.717, 1.165) is 21.3 Å². The van der Waals surface area contributed by atoms with E-state index in [1.807, 2.05) is 6.07 Å². The van der Waals surface area contributed by atoms with Crippen molar-refractivity contribution in [1.29, 1.82) is 0 Å². The monoisotopic (exact) mass is 571 g/mol. The molecule has 7 heteroatoms. The van der Waals surface area contributed by atoms with Crippen molar-refractivity contribution in [1.82, 2.24) is 9.80 Å². The molecular formula is C26H23N3O2STe. The van der Waals surface area contributed by atoms with Gasteiger partial charge in [-0.1, -0.05) is 26.0 Å². The fourth-order valence-corrected chi connectivity index (χ4v) is 6.02. The van der Waals surface area contributed by atoms with Crippen LogP contribution in [-0.2, 0) is 15.0 Å². The molecule has 0 aliphatic carbocycles. The first kappa shape index (κ1) is 22.1. The van der Waals surface area contributed by atoms with E-state index in [4.69, 9.17) is 0 Å². The van der Waals surface area contributed by atoms with Gasteiger partial charge in [-0.15, -0.1) is 0 Å². The molecule has 166 valence electrons. The predicted octanol–water partition coefficient (Wildman–Crippen LogP) is 4.43. The van der Waals surface area contributed by atoms with Gasteiger partial charge in [0.25, 0.3) is 0 Å². The molecule has 2 aliphatic rings. The maximum absolute atomic E-state index is 12.8. The van der Waals surface area contributed by atoms with Crippen LogP contribution in [0.25, 0.3) is 6.08 Å². The summed E-state index contributed by atoms with van der Waals surface area (Å²) in [4.78, 5) is 31.8. The summed E-state index contributed by atoms with van der Waals surface area (Å²) in [5, 5.41) is 1.04. The Hall–Kier alpha value is -2.72. The molecule has 1 saturated heterocycles. The number of amides is 2. The minimum atomic E-state index is -0.274. The third-order valence-corrected chi connectivity index (χ3v) is 8.98. The van der Waals surface area contributed by atoms with Crippen LogP contribution in [0.4, 0.5) is 16.4 Å². The van der Waals surface area contributed by atoms with Gasteiger partial charge < -0.3 is 0 Å². The van der Waals surface area contributed by atoms with Gasteiger partial charge >= 0.3 is 185 Å². The molecule has 3 aromatic rings. The minimum absolute atomic E-state index is 0.115. The van der Waals surface area contributed by atoms with Crippen LogP contribution in [0.5, 0.6) is 0 Å². The molecule has 5 nitrogen and oxygen atoms in total. The Labute approximate surface area is 210 Å².